The molecule has 0 saturated heterocycles. The Morgan fingerprint density at radius 1 is 1.32 bits per heavy atom. The van der Waals surface area contributed by atoms with Gasteiger partial charge >= 0.3 is 0 Å². The zero-order chi connectivity index (χ0) is 19.9. The van der Waals surface area contributed by atoms with Gasteiger partial charge in [-0.1, -0.05) is 18.2 Å². The van der Waals surface area contributed by atoms with Gasteiger partial charge in [0.05, 0.1) is 11.6 Å². The lowest BCUT2D eigenvalue weighted by molar-refractivity contribution is 0.114. The van der Waals surface area contributed by atoms with Crippen LogP contribution in [0.1, 0.15) is 24.4 Å². The van der Waals surface area contributed by atoms with Crippen LogP contribution in [0.15, 0.2) is 36.8 Å². The molecule has 0 bridgehead atoms. The van der Waals surface area contributed by atoms with Crippen LogP contribution < -0.4 is 10.5 Å². The normalized spacial score (nSPS) is 19.6. The van der Waals surface area contributed by atoms with E-state index < -0.39 is 10.0 Å². The zero-order valence-corrected chi connectivity index (χ0v) is 16.4. The molecule has 1 aliphatic carbocycles. The van der Waals surface area contributed by atoms with Gasteiger partial charge in [-0.2, -0.15) is 0 Å². The number of fused-ring (bicyclic) bond motifs is 1. The summed E-state index contributed by atoms with van der Waals surface area (Å²) in [6.07, 6.45) is 6.45. The Kier molecular flexibility index (Phi) is 4.82. The van der Waals surface area contributed by atoms with Crippen molar-refractivity contribution in [2.45, 2.75) is 25.4 Å². The van der Waals surface area contributed by atoms with Gasteiger partial charge in [-0.05, 0) is 36.0 Å². The molecule has 0 unspecified atom stereocenters. The molecule has 0 aliphatic heterocycles. The van der Waals surface area contributed by atoms with Gasteiger partial charge in [0.2, 0.25) is 10.0 Å². The molecule has 1 aliphatic rings. The summed E-state index contributed by atoms with van der Waals surface area (Å²) in [5.74, 6) is 0.743. The van der Waals surface area contributed by atoms with E-state index in [1.165, 1.54) is 6.33 Å². The van der Waals surface area contributed by atoms with E-state index in [4.69, 9.17) is 5.73 Å². The highest BCUT2D eigenvalue weighted by Crippen LogP contribution is 2.42. The van der Waals surface area contributed by atoms with Gasteiger partial charge in [0.25, 0.3) is 0 Å². The predicted octanol–water partition coefficient (Wildman–Crippen LogP) is 1.67. The molecule has 0 atom stereocenters. The van der Waals surface area contributed by atoms with Crippen molar-refractivity contribution < 1.29 is 13.5 Å². The Morgan fingerprint density at radius 3 is 2.82 bits per heavy atom. The van der Waals surface area contributed by atoms with Gasteiger partial charge in [0.15, 0.2) is 0 Å². The third-order valence-electron chi connectivity index (χ3n) is 5.28. The third-order valence-corrected chi connectivity index (χ3v) is 5.95. The monoisotopic (exact) mass is 401 g/mol. The zero-order valence-electron chi connectivity index (χ0n) is 15.5. The van der Waals surface area contributed by atoms with Crippen molar-refractivity contribution in [1.82, 2.24) is 19.3 Å². The standard InChI is InChI=1S/C19H23N5O3S/c1-28(26,27)23-8-12-3-2-4-14(5-12)16-9-24(15-6-13(7-15)10-25)19-17(16)18(20)21-11-22-19/h2-5,9,11,13,15,23,25H,6-8,10H2,1H3,(H2,20,21,22). The fraction of sp³-hybridized carbons (Fsp3) is 0.368. The van der Waals surface area contributed by atoms with Crippen LogP contribution in [0.3, 0.4) is 0 Å². The van der Waals surface area contributed by atoms with Gasteiger partial charge in [0, 0.05) is 31.0 Å². The molecule has 8 nitrogen and oxygen atoms in total. The van der Waals surface area contributed by atoms with Gasteiger partial charge < -0.3 is 15.4 Å². The fourth-order valence-electron chi connectivity index (χ4n) is 3.75. The smallest absolute Gasteiger partial charge is 0.209 e. The molecular weight excluding hydrogens is 378 g/mol. The predicted molar refractivity (Wildman–Crippen MR) is 108 cm³/mol. The van der Waals surface area contributed by atoms with Crippen molar-refractivity contribution in [3.63, 3.8) is 0 Å². The molecule has 3 aromatic rings. The van der Waals surface area contributed by atoms with Crippen molar-refractivity contribution in [1.29, 1.82) is 0 Å². The third kappa shape index (κ3) is 3.60. The molecule has 1 aromatic carbocycles. The maximum Gasteiger partial charge on any atom is 0.209 e. The number of hydrogen-bond acceptors (Lipinski definition) is 6. The van der Waals surface area contributed by atoms with Crippen LogP contribution in [-0.4, -0.2) is 40.9 Å². The van der Waals surface area contributed by atoms with Crippen LogP contribution in [0.25, 0.3) is 22.2 Å². The van der Waals surface area contributed by atoms with Crippen molar-refractivity contribution in [3.05, 3.63) is 42.4 Å². The highest BCUT2D eigenvalue weighted by atomic mass is 32.2. The van der Waals surface area contributed by atoms with Crippen LogP contribution in [0.2, 0.25) is 0 Å². The minimum absolute atomic E-state index is 0.203. The lowest BCUT2D eigenvalue weighted by atomic mass is 9.81. The maximum absolute atomic E-state index is 11.4. The second-order valence-electron chi connectivity index (χ2n) is 7.38. The first-order chi connectivity index (χ1) is 13.4. The van der Waals surface area contributed by atoms with Crippen molar-refractivity contribution in [2.24, 2.45) is 5.92 Å². The molecule has 1 fully saturated rings. The summed E-state index contributed by atoms with van der Waals surface area (Å²) in [5, 5.41) is 10.1. The second kappa shape index (κ2) is 7.16. The van der Waals surface area contributed by atoms with Crippen LogP contribution in [-0.2, 0) is 16.6 Å². The van der Waals surface area contributed by atoms with Crippen LogP contribution >= 0.6 is 0 Å². The first-order valence-electron chi connectivity index (χ1n) is 9.11. The number of rotatable bonds is 6. The van der Waals surface area contributed by atoms with Crippen molar-refractivity contribution in [3.8, 4) is 11.1 Å². The first kappa shape index (κ1) is 18.9. The molecule has 148 valence electrons. The highest BCUT2D eigenvalue weighted by molar-refractivity contribution is 7.88. The maximum atomic E-state index is 11.4. The molecule has 1 saturated carbocycles. The molecule has 2 heterocycles. The van der Waals surface area contributed by atoms with E-state index in [2.05, 4.69) is 19.3 Å². The number of benzene rings is 1. The Hall–Kier alpha value is -2.49. The number of anilines is 1. The largest absolute Gasteiger partial charge is 0.396 e. The first-order valence-corrected chi connectivity index (χ1v) is 11.0. The average Bonchev–Trinajstić information content (AvgIpc) is 3.00. The molecule has 0 radical (unpaired) electrons. The quantitative estimate of drug-likeness (QED) is 0.577. The lowest BCUT2D eigenvalue weighted by Gasteiger charge is -2.35. The van der Waals surface area contributed by atoms with Gasteiger partial charge in [-0.3, -0.25) is 0 Å². The number of aliphatic hydroxyl groups is 1. The van der Waals surface area contributed by atoms with E-state index in [0.717, 1.165) is 46.8 Å². The van der Waals surface area contributed by atoms with E-state index in [1.807, 2.05) is 30.5 Å². The number of nitrogens with two attached hydrogens (primary N) is 1. The van der Waals surface area contributed by atoms with Gasteiger partial charge in [0.1, 0.15) is 17.8 Å². The SMILES string of the molecule is CS(=O)(=O)NCc1cccc(-c2cn(C3CC(CO)C3)c3ncnc(N)c23)c1. The minimum Gasteiger partial charge on any atom is -0.396 e. The fourth-order valence-corrected chi connectivity index (χ4v) is 4.17. The summed E-state index contributed by atoms with van der Waals surface area (Å²) in [4.78, 5) is 8.60. The van der Waals surface area contributed by atoms with Gasteiger partial charge in [-0.25, -0.2) is 23.1 Å². The molecule has 2 aromatic heterocycles. The number of sulfonamides is 1. The Bertz CT molecular complexity index is 1120. The number of aromatic nitrogens is 3. The lowest BCUT2D eigenvalue weighted by Crippen LogP contribution is -2.28. The topological polar surface area (TPSA) is 123 Å². The number of nitrogen functional groups attached to an aromatic ring is 1. The van der Waals surface area contributed by atoms with E-state index in [9.17, 15) is 13.5 Å². The van der Waals surface area contributed by atoms with E-state index in [0.29, 0.717) is 11.7 Å². The summed E-state index contributed by atoms with van der Waals surface area (Å²) in [7, 11) is -3.27. The number of nitrogens with zero attached hydrogens (tertiary/aromatic N) is 3. The number of hydrogen-bond donors (Lipinski definition) is 3. The van der Waals surface area contributed by atoms with Crippen molar-refractivity contribution in [2.75, 3.05) is 18.6 Å². The number of aliphatic hydroxyl groups excluding tert-OH is 1. The Labute approximate surface area is 163 Å². The molecule has 0 spiro atoms. The molecular formula is C19H23N5O3S. The summed E-state index contributed by atoms with van der Waals surface area (Å²) in [6, 6.07) is 7.95. The van der Waals surface area contributed by atoms with Crippen LogP contribution in [0.4, 0.5) is 5.82 Å². The summed E-state index contributed by atoms with van der Waals surface area (Å²) < 4.78 is 27.4. The summed E-state index contributed by atoms with van der Waals surface area (Å²) >= 11 is 0. The van der Waals surface area contributed by atoms with E-state index in [1.54, 1.807) is 0 Å². The van der Waals surface area contributed by atoms with Gasteiger partial charge in [-0.15, -0.1) is 0 Å². The molecule has 4 N–H and O–H groups in total. The molecule has 28 heavy (non-hydrogen) atoms. The summed E-state index contributed by atoms with van der Waals surface area (Å²) in [6.45, 7) is 0.424. The van der Waals surface area contributed by atoms with E-state index >= 15 is 0 Å². The minimum atomic E-state index is -3.27. The second-order valence-corrected chi connectivity index (χ2v) is 9.21. The van der Waals surface area contributed by atoms with Crippen LogP contribution in [0.5, 0.6) is 0 Å². The number of nitrogens with one attached hydrogen (secondary N) is 1. The Balaban J connectivity index is 1.75. The van der Waals surface area contributed by atoms with Crippen LogP contribution in [0, 0.1) is 5.92 Å². The summed E-state index contributed by atoms with van der Waals surface area (Å²) in [5.41, 5.74) is 9.66. The van der Waals surface area contributed by atoms with Crippen molar-refractivity contribution >= 4 is 26.9 Å². The molecule has 9 heteroatoms. The molecule has 4 rings (SSSR count). The average molecular weight is 401 g/mol. The Morgan fingerprint density at radius 2 is 2.11 bits per heavy atom. The highest BCUT2D eigenvalue weighted by Gasteiger charge is 2.32. The molecule has 0 amide bonds. The van der Waals surface area contributed by atoms with E-state index in [-0.39, 0.29) is 19.2 Å².